The molecule has 2 rings (SSSR count). The number of carboxylic acid groups (broad SMARTS) is 1. The van der Waals surface area contributed by atoms with E-state index in [1.54, 1.807) is 13.0 Å². The number of carbonyl (C=O) groups is 4. The summed E-state index contributed by atoms with van der Waals surface area (Å²) in [4.78, 5) is 47.3. The van der Waals surface area contributed by atoms with Gasteiger partial charge in [-0.3, -0.25) is 19.7 Å². The zero-order chi connectivity index (χ0) is 15.6. The summed E-state index contributed by atoms with van der Waals surface area (Å²) in [5.41, 5.74) is 0. The maximum Gasteiger partial charge on any atom is 0.319 e. The second-order valence-electron chi connectivity index (χ2n) is 5.09. The van der Waals surface area contributed by atoms with Crippen molar-refractivity contribution in [2.75, 3.05) is 6.54 Å². The van der Waals surface area contributed by atoms with Gasteiger partial charge < -0.3 is 15.3 Å². The van der Waals surface area contributed by atoms with Gasteiger partial charge in [0.2, 0.25) is 11.8 Å². The fraction of sp³-hybridized carbons (Fsp3) is 0.538. The highest BCUT2D eigenvalue weighted by molar-refractivity contribution is 6.04. The molecule has 1 saturated heterocycles. The lowest BCUT2D eigenvalue weighted by Crippen LogP contribution is -2.62. The third-order valence-electron chi connectivity index (χ3n) is 3.61. The second-order valence-corrected chi connectivity index (χ2v) is 5.09. The van der Waals surface area contributed by atoms with E-state index in [4.69, 9.17) is 5.11 Å². The summed E-state index contributed by atoms with van der Waals surface area (Å²) in [7, 11) is 0. The SMILES string of the molecule is CCC1C(=O)NC(=O)CN1C(=O)NC1C=CC(C(=O)O)C1. The Morgan fingerprint density at radius 2 is 2.14 bits per heavy atom. The van der Waals surface area contributed by atoms with Crippen LogP contribution in [-0.4, -0.2) is 52.4 Å². The number of hydrogen-bond acceptors (Lipinski definition) is 4. The maximum absolute atomic E-state index is 12.2. The molecule has 2 aliphatic rings. The van der Waals surface area contributed by atoms with E-state index in [1.165, 1.54) is 11.0 Å². The summed E-state index contributed by atoms with van der Waals surface area (Å²) in [5.74, 6) is -2.58. The molecular weight excluding hydrogens is 278 g/mol. The molecule has 1 aliphatic heterocycles. The molecule has 1 heterocycles. The van der Waals surface area contributed by atoms with Gasteiger partial charge in [0.05, 0.1) is 12.0 Å². The van der Waals surface area contributed by atoms with Gasteiger partial charge in [-0.15, -0.1) is 0 Å². The van der Waals surface area contributed by atoms with Crippen LogP contribution < -0.4 is 10.6 Å². The Morgan fingerprint density at radius 1 is 1.43 bits per heavy atom. The molecule has 1 fully saturated rings. The van der Waals surface area contributed by atoms with Crippen LogP contribution in [0.1, 0.15) is 19.8 Å². The third kappa shape index (κ3) is 3.21. The molecule has 3 unspecified atom stereocenters. The Balaban J connectivity index is 1.99. The van der Waals surface area contributed by atoms with Crippen molar-refractivity contribution in [1.82, 2.24) is 15.5 Å². The molecule has 21 heavy (non-hydrogen) atoms. The van der Waals surface area contributed by atoms with Gasteiger partial charge in [0.15, 0.2) is 0 Å². The Bertz CT molecular complexity index is 516. The molecule has 1 aliphatic carbocycles. The van der Waals surface area contributed by atoms with Crippen molar-refractivity contribution in [1.29, 1.82) is 0 Å². The average Bonchev–Trinajstić information content (AvgIpc) is 2.86. The van der Waals surface area contributed by atoms with Crippen LogP contribution in [0.25, 0.3) is 0 Å². The molecular formula is C13H17N3O5. The van der Waals surface area contributed by atoms with E-state index in [1.807, 2.05) is 0 Å². The first-order valence-electron chi connectivity index (χ1n) is 6.74. The predicted molar refractivity (Wildman–Crippen MR) is 71.1 cm³/mol. The van der Waals surface area contributed by atoms with Crippen LogP contribution in [0.5, 0.6) is 0 Å². The van der Waals surface area contributed by atoms with Gasteiger partial charge in [-0.05, 0) is 12.8 Å². The second kappa shape index (κ2) is 5.94. The number of rotatable bonds is 3. The molecule has 0 aromatic heterocycles. The van der Waals surface area contributed by atoms with Crippen LogP contribution >= 0.6 is 0 Å². The molecule has 0 aromatic carbocycles. The highest BCUT2D eigenvalue weighted by Crippen LogP contribution is 2.19. The van der Waals surface area contributed by atoms with Crippen molar-refractivity contribution in [3.63, 3.8) is 0 Å². The number of piperazine rings is 1. The number of nitrogens with zero attached hydrogens (tertiary/aromatic N) is 1. The van der Waals surface area contributed by atoms with E-state index in [9.17, 15) is 19.2 Å². The predicted octanol–water partition coefficient (Wildman–Crippen LogP) is -0.538. The van der Waals surface area contributed by atoms with Crippen molar-refractivity contribution in [2.24, 2.45) is 5.92 Å². The zero-order valence-corrected chi connectivity index (χ0v) is 11.5. The zero-order valence-electron chi connectivity index (χ0n) is 11.5. The average molecular weight is 295 g/mol. The monoisotopic (exact) mass is 295 g/mol. The summed E-state index contributed by atoms with van der Waals surface area (Å²) < 4.78 is 0. The highest BCUT2D eigenvalue weighted by Gasteiger charge is 2.36. The molecule has 4 amide bonds. The van der Waals surface area contributed by atoms with Gasteiger partial charge in [0.1, 0.15) is 12.6 Å². The van der Waals surface area contributed by atoms with E-state index in [-0.39, 0.29) is 13.0 Å². The van der Waals surface area contributed by atoms with E-state index >= 15 is 0 Å². The van der Waals surface area contributed by atoms with Gasteiger partial charge in [0, 0.05) is 0 Å². The van der Waals surface area contributed by atoms with E-state index in [0.29, 0.717) is 6.42 Å². The highest BCUT2D eigenvalue weighted by atomic mass is 16.4. The van der Waals surface area contributed by atoms with Gasteiger partial charge in [-0.25, -0.2) is 4.79 Å². The maximum atomic E-state index is 12.2. The van der Waals surface area contributed by atoms with Crippen LogP contribution in [0.15, 0.2) is 12.2 Å². The summed E-state index contributed by atoms with van der Waals surface area (Å²) in [6, 6.07) is -1.63. The van der Waals surface area contributed by atoms with Crippen molar-refractivity contribution in [3.05, 3.63) is 12.2 Å². The largest absolute Gasteiger partial charge is 0.481 e. The van der Waals surface area contributed by atoms with E-state index in [2.05, 4.69) is 10.6 Å². The molecule has 0 saturated carbocycles. The molecule has 0 spiro atoms. The third-order valence-corrected chi connectivity index (χ3v) is 3.61. The van der Waals surface area contributed by atoms with Gasteiger partial charge in [0.25, 0.3) is 0 Å². The van der Waals surface area contributed by atoms with Crippen LogP contribution in [0.2, 0.25) is 0 Å². The minimum absolute atomic E-state index is 0.186. The van der Waals surface area contributed by atoms with Crippen LogP contribution in [-0.2, 0) is 14.4 Å². The topological polar surface area (TPSA) is 116 Å². The van der Waals surface area contributed by atoms with Crippen molar-refractivity contribution < 1.29 is 24.3 Å². The molecule has 3 N–H and O–H groups in total. The Hall–Kier alpha value is -2.38. The van der Waals surface area contributed by atoms with Crippen LogP contribution in [0, 0.1) is 5.92 Å². The number of aliphatic carboxylic acids is 1. The summed E-state index contributed by atoms with van der Waals surface area (Å²) in [6.45, 7) is 1.56. The number of amides is 4. The number of urea groups is 1. The fourth-order valence-electron chi connectivity index (χ4n) is 2.52. The summed E-state index contributed by atoms with van der Waals surface area (Å²) in [6.07, 6.45) is 3.80. The number of imide groups is 1. The minimum Gasteiger partial charge on any atom is -0.481 e. The van der Waals surface area contributed by atoms with Crippen LogP contribution in [0.4, 0.5) is 4.79 Å². The summed E-state index contributed by atoms with van der Waals surface area (Å²) in [5, 5.41) is 13.7. The van der Waals surface area contributed by atoms with E-state index in [0.717, 1.165) is 0 Å². The fourth-order valence-corrected chi connectivity index (χ4v) is 2.52. The normalized spacial score (nSPS) is 28.4. The van der Waals surface area contributed by atoms with Gasteiger partial charge in [-0.1, -0.05) is 19.1 Å². The van der Waals surface area contributed by atoms with Crippen molar-refractivity contribution >= 4 is 23.8 Å². The van der Waals surface area contributed by atoms with Crippen molar-refractivity contribution in [3.8, 4) is 0 Å². The first-order chi connectivity index (χ1) is 9.92. The molecule has 3 atom stereocenters. The lowest BCUT2D eigenvalue weighted by atomic mass is 10.1. The Labute approximate surface area is 121 Å². The standard InChI is InChI=1S/C13H17N3O5/c1-2-9-11(18)15-10(17)6-16(9)13(21)14-8-4-3-7(5-8)12(19)20/h3-4,7-9H,2,5-6H2,1H3,(H,14,21)(H,19,20)(H,15,17,18). The Kier molecular flexibility index (Phi) is 4.25. The lowest BCUT2D eigenvalue weighted by molar-refractivity contribution is -0.140. The van der Waals surface area contributed by atoms with Gasteiger partial charge >= 0.3 is 12.0 Å². The molecule has 8 heteroatoms. The van der Waals surface area contributed by atoms with Crippen molar-refractivity contribution in [2.45, 2.75) is 31.8 Å². The lowest BCUT2D eigenvalue weighted by Gasteiger charge is -2.34. The van der Waals surface area contributed by atoms with Gasteiger partial charge in [-0.2, -0.15) is 0 Å². The molecule has 0 radical (unpaired) electrons. The quantitative estimate of drug-likeness (QED) is 0.478. The molecule has 8 nitrogen and oxygen atoms in total. The number of carbonyl (C=O) groups excluding carboxylic acids is 3. The number of nitrogens with one attached hydrogen (secondary N) is 2. The van der Waals surface area contributed by atoms with Crippen LogP contribution in [0.3, 0.4) is 0 Å². The molecule has 114 valence electrons. The molecule has 0 bridgehead atoms. The smallest absolute Gasteiger partial charge is 0.319 e. The number of hydrogen-bond donors (Lipinski definition) is 3. The first-order valence-corrected chi connectivity index (χ1v) is 6.74. The Morgan fingerprint density at radius 3 is 2.71 bits per heavy atom. The minimum atomic E-state index is -0.943. The first kappa shape index (κ1) is 15.0. The number of carboxylic acids is 1. The summed E-state index contributed by atoms with van der Waals surface area (Å²) >= 11 is 0. The molecule has 0 aromatic rings. The van der Waals surface area contributed by atoms with E-state index < -0.39 is 41.8 Å².